The molecule has 3 aliphatic heterocycles. The molecule has 3 heterocycles. The summed E-state index contributed by atoms with van der Waals surface area (Å²) in [6.45, 7) is 18.9. The summed E-state index contributed by atoms with van der Waals surface area (Å²) in [6.07, 6.45) is -2.63. The van der Waals surface area contributed by atoms with Crippen molar-refractivity contribution in [2.45, 2.75) is 123 Å². The maximum Gasteiger partial charge on any atom is 0.316 e. The average molecular weight is 610 g/mol. The van der Waals surface area contributed by atoms with E-state index in [9.17, 15) is 19.5 Å². The minimum absolute atomic E-state index is 0.00858. The Morgan fingerprint density at radius 3 is 2.23 bits per heavy atom. The summed E-state index contributed by atoms with van der Waals surface area (Å²) in [5.74, 6) is -4.39. The van der Waals surface area contributed by atoms with Gasteiger partial charge in [-0.25, -0.2) is 0 Å². The Bertz CT molecular complexity index is 1050. The third-order valence-corrected chi connectivity index (χ3v) is 10.3. The second kappa shape index (κ2) is 13.7. The van der Waals surface area contributed by atoms with Crippen LogP contribution in [-0.2, 0) is 38.1 Å². The van der Waals surface area contributed by atoms with Gasteiger partial charge in [-0.1, -0.05) is 34.3 Å². The monoisotopic (exact) mass is 609 g/mol. The molecule has 43 heavy (non-hydrogen) atoms. The number of likely N-dealkylation sites (N-methyl/N-ethyl adjacent to an activating group) is 1. The fourth-order valence-electron chi connectivity index (χ4n) is 7.71. The summed E-state index contributed by atoms with van der Waals surface area (Å²) in [5, 5.41) is 11.3. The number of aliphatic hydroxyl groups excluding tert-OH is 1. The number of carbonyl (C=O) groups excluding carboxylic acids is 3. The Hall–Kier alpha value is -1.69. The molecule has 10 nitrogen and oxygen atoms in total. The number of Topliss-reactive ketones (excluding diaryl/α,β-unsaturated/α-hetero) is 2. The van der Waals surface area contributed by atoms with Gasteiger partial charge in [0.1, 0.15) is 29.5 Å². The van der Waals surface area contributed by atoms with Crippen LogP contribution in [0, 0.1) is 29.6 Å². The van der Waals surface area contributed by atoms with Gasteiger partial charge in [0, 0.05) is 36.8 Å². The summed E-state index contributed by atoms with van der Waals surface area (Å²) < 4.78 is 30.9. The van der Waals surface area contributed by atoms with Crippen molar-refractivity contribution in [2.75, 3.05) is 27.8 Å². The molecule has 0 aromatic carbocycles. The van der Waals surface area contributed by atoms with Crippen LogP contribution in [0.3, 0.4) is 0 Å². The van der Waals surface area contributed by atoms with Crippen LogP contribution in [0.2, 0.25) is 0 Å². The van der Waals surface area contributed by atoms with Crippen molar-refractivity contribution < 1.29 is 43.2 Å². The van der Waals surface area contributed by atoms with Gasteiger partial charge in [0.25, 0.3) is 0 Å². The van der Waals surface area contributed by atoms with Crippen molar-refractivity contribution >= 4 is 17.5 Å². The highest BCUT2D eigenvalue weighted by Gasteiger charge is 2.55. The quantitative estimate of drug-likeness (QED) is 0.281. The van der Waals surface area contributed by atoms with Gasteiger partial charge in [-0.15, -0.1) is 0 Å². The van der Waals surface area contributed by atoms with Gasteiger partial charge in [0.2, 0.25) is 0 Å². The zero-order chi connectivity index (χ0) is 32.6. The van der Waals surface area contributed by atoms with Crippen LogP contribution < -0.4 is 0 Å². The SMILES string of the molecule is C=C1CO[C@]2(C)C(CC)OC(=O)[C@H](C)C(=O)[C@H](C)[C@@H](O[C@H]3O[C@@H](C)CC(N(C)C)[C@@H]3O)C(C)(OC)CC(C)C(=O)C(C)C12. The number of cyclic esters (lactones) is 1. The van der Waals surface area contributed by atoms with Crippen LogP contribution in [-0.4, -0.2) is 103 Å². The highest BCUT2D eigenvalue weighted by Crippen LogP contribution is 2.46. The van der Waals surface area contributed by atoms with E-state index in [0.717, 1.165) is 5.57 Å². The predicted octanol–water partition coefficient (Wildman–Crippen LogP) is 3.57. The number of ketones is 2. The lowest BCUT2D eigenvalue weighted by atomic mass is 9.69. The molecule has 246 valence electrons. The molecule has 0 spiro atoms. The zero-order valence-corrected chi connectivity index (χ0v) is 28.0. The number of methoxy groups -OCH3 is 1. The molecule has 0 radical (unpaired) electrons. The molecule has 0 saturated carbocycles. The third-order valence-electron chi connectivity index (χ3n) is 10.3. The molecule has 1 N–H and O–H groups in total. The second-order valence-electron chi connectivity index (χ2n) is 13.8. The third kappa shape index (κ3) is 6.94. The lowest BCUT2D eigenvalue weighted by Crippen LogP contribution is -2.59. The molecule has 0 amide bonds. The lowest BCUT2D eigenvalue weighted by Gasteiger charge is -2.47. The van der Waals surface area contributed by atoms with Crippen molar-refractivity contribution in [3.63, 3.8) is 0 Å². The number of esters is 1. The van der Waals surface area contributed by atoms with E-state index in [0.29, 0.717) is 12.8 Å². The topological polar surface area (TPSA) is 121 Å². The van der Waals surface area contributed by atoms with Crippen molar-refractivity contribution in [3.8, 4) is 0 Å². The van der Waals surface area contributed by atoms with Gasteiger partial charge in [-0.3, -0.25) is 14.4 Å². The highest BCUT2D eigenvalue weighted by molar-refractivity contribution is 6.00. The lowest BCUT2D eigenvalue weighted by molar-refractivity contribution is -0.295. The first-order valence-electron chi connectivity index (χ1n) is 15.7. The number of carbonyl (C=O) groups is 3. The van der Waals surface area contributed by atoms with Crippen molar-refractivity contribution in [3.05, 3.63) is 12.2 Å². The van der Waals surface area contributed by atoms with Gasteiger partial charge < -0.3 is 33.7 Å². The summed E-state index contributed by atoms with van der Waals surface area (Å²) >= 11 is 0. The van der Waals surface area contributed by atoms with E-state index in [1.807, 2.05) is 60.5 Å². The standard InChI is InChI=1S/C33H55NO9/c1-13-24-33(9)25(18(3)16-40-33)20(5)26(35)17(2)15-32(8,39-12)29(21(6)27(36)22(7)30(38)42-24)43-31-28(37)23(34(10)11)14-19(4)41-31/h17,19-25,28-29,31,37H,3,13-16H2,1-2,4-12H3/t17?,19-,20?,21-,22+,23?,24?,25?,28-,29+,31+,32?,33+/m0/s1. The van der Waals surface area contributed by atoms with Gasteiger partial charge in [0.05, 0.1) is 24.4 Å². The molecule has 0 bridgehead atoms. The molecule has 6 unspecified atom stereocenters. The van der Waals surface area contributed by atoms with E-state index in [1.54, 1.807) is 13.8 Å². The summed E-state index contributed by atoms with van der Waals surface area (Å²) in [6, 6.07) is -0.232. The highest BCUT2D eigenvalue weighted by atomic mass is 16.7. The van der Waals surface area contributed by atoms with E-state index < -0.39 is 71.2 Å². The minimum Gasteiger partial charge on any atom is -0.459 e. The molecule has 0 aromatic heterocycles. The number of hydrogen-bond donors (Lipinski definition) is 1. The largest absolute Gasteiger partial charge is 0.459 e. The van der Waals surface area contributed by atoms with Gasteiger partial charge in [-0.05, 0) is 66.6 Å². The number of ether oxygens (including phenoxy) is 5. The van der Waals surface area contributed by atoms with Crippen LogP contribution in [0.15, 0.2) is 12.2 Å². The Balaban J connectivity index is 2.10. The fraction of sp³-hybridized carbons (Fsp3) is 0.848. The fourth-order valence-corrected chi connectivity index (χ4v) is 7.71. The first-order chi connectivity index (χ1) is 19.9. The first kappa shape index (κ1) is 35.8. The Kier molecular flexibility index (Phi) is 11.4. The van der Waals surface area contributed by atoms with Gasteiger partial charge >= 0.3 is 5.97 Å². The molecule has 0 aliphatic carbocycles. The maximum atomic E-state index is 14.1. The molecular weight excluding hydrogens is 554 g/mol. The van der Waals surface area contributed by atoms with E-state index in [1.165, 1.54) is 7.11 Å². The Morgan fingerprint density at radius 1 is 1.05 bits per heavy atom. The van der Waals surface area contributed by atoms with Crippen LogP contribution in [0.25, 0.3) is 0 Å². The number of nitrogens with zero attached hydrogens (tertiary/aromatic N) is 1. The molecular formula is C33H55NO9. The maximum absolute atomic E-state index is 14.1. The molecule has 0 aromatic rings. The summed E-state index contributed by atoms with van der Waals surface area (Å²) in [7, 11) is 5.29. The van der Waals surface area contributed by atoms with Crippen LogP contribution in [0.1, 0.15) is 74.7 Å². The van der Waals surface area contributed by atoms with Crippen LogP contribution >= 0.6 is 0 Å². The molecule has 3 fully saturated rings. The number of rotatable bonds is 5. The molecule has 3 rings (SSSR count). The molecule has 3 saturated heterocycles. The van der Waals surface area contributed by atoms with Crippen LogP contribution in [0.5, 0.6) is 0 Å². The van der Waals surface area contributed by atoms with Crippen molar-refractivity contribution in [1.82, 2.24) is 4.90 Å². The zero-order valence-electron chi connectivity index (χ0n) is 28.0. The molecule has 10 heteroatoms. The smallest absolute Gasteiger partial charge is 0.316 e. The van der Waals surface area contributed by atoms with Crippen molar-refractivity contribution in [1.29, 1.82) is 0 Å². The number of aliphatic hydroxyl groups is 1. The van der Waals surface area contributed by atoms with E-state index in [2.05, 4.69) is 6.58 Å². The Morgan fingerprint density at radius 2 is 1.67 bits per heavy atom. The summed E-state index contributed by atoms with van der Waals surface area (Å²) in [5.41, 5.74) is -1.36. The normalized spacial score (nSPS) is 45.6. The van der Waals surface area contributed by atoms with E-state index in [-0.39, 0.29) is 36.9 Å². The average Bonchev–Trinajstić information content (AvgIpc) is 3.27. The van der Waals surface area contributed by atoms with E-state index >= 15 is 0 Å². The minimum atomic E-state index is -1.16. The van der Waals surface area contributed by atoms with Crippen molar-refractivity contribution in [2.24, 2.45) is 29.6 Å². The predicted molar refractivity (Wildman–Crippen MR) is 161 cm³/mol. The van der Waals surface area contributed by atoms with Gasteiger partial charge in [0.15, 0.2) is 12.1 Å². The Labute approximate surface area is 257 Å². The molecule has 13 atom stereocenters. The second-order valence-corrected chi connectivity index (χ2v) is 13.8. The van der Waals surface area contributed by atoms with Gasteiger partial charge in [-0.2, -0.15) is 0 Å². The first-order valence-corrected chi connectivity index (χ1v) is 15.7. The van der Waals surface area contributed by atoms with E-state index in [4.69, 9.17) is 23.7 Å². The van der Waals surface area contributed by atoms with Crippen LogP contribution in [0.4, 0.5) is 0 Å². The molecule has 3 aliphatic rings. The number of fused-ring (bicyclic) bond motifs is 1. The summed E-state index contributed by atoms with van der Waals surface area (Å²) in [4.78, 5) is 43.5. The number of hydrogen-bond acceptors (Lipinski definition) is 10.